The second-order valence-electron chi connectivity index (χ2n) is 2.14. The molecule has 0 fully saturated rings. The highest BCUT2D eigenvalue weighted by Gasteiger charge is 1.92. The molecule has 3 nitrogen and oxygen atoms in total. The quantitative estimate of drug-likeness (QED) is 0.676. The largest absolute Gasteiger partial charge is 0.483 e. The second kappa shape index (κ2) is 5.09. The Morgan fingerprint density at radius 3 is 3.27 bits per heavy atom. The Labute approximate surface area is 70.6 Å². The molecule has 0 unspecified atom stereocenters. The van der Waals surface area contributed by atoms with E-state index in [0.717, 1.165) is 24.6 Å². The van der Waals surface area contributed by atoms with Crippen LogP contribution in [0.4, 0.5) is 0 Å². The van der Waals surface area contributed by atoms with Crippen LogP contribution in [0.15, 0.2) is 12.3 Å². The SMILES string of the molecule is CNCCCOc1ccns1. The molecule has 0 aliphatic rings. The molecular weight excluding hydrogens is 160 g/mol. The molecule has 0 aromatic carbocycles. The van der Waals surface area contributed by atoms with Crippen LogP contribution in [0.3, 0.4) is 0 Å². The summed E-state index contributed by atoms with van der Waals surface area (Å²) in [5.74, 6) is 0. The number of ether oxygens (including phenoxy) is 1. The Balaban J connectivity index is 2.04. The zero-order chi connectivity index (χ0) is 7.94. The molecule has 4 heteroatoms. The summed E-state index contributed by atoms with van der Waals surface area (Å²) in [6, 6.07) is 1.88. The minimum atomic E-state index is 0.767. The van der Waals surface area contributed by atoms with Gasteiger partial charge in [-0.05, 0) is 20.0 Å². The van der Waals surface area contributed by atoms with Crippen LogP contribution in [-0.4, -0.2) is 24.6 Å². The molecule has 1 aromatic heterocycles. The van der Waals surface area contributed by atoms with Crippen LogP contribution in [0, 0.1) is 0 Å². The molecule has 0 spiro atoms. The first kappa shape index (κ1) is 8.49. The van der Waals surface area contributed by atoms with Gasteiger partial charge in [0.05, 0.1) is 6.61 Å². The van der Waals surface area contributed by atoms with Gasteiger partial charge in [-0.15, -0.1) is 0 Å². The van der Waals surface area contributed by atoms with Crippen molar-refractivity contribution in [3.8, 4) is 5.06 Å². The van der Waals surface area contributed by atoms with Gasteiger partial charge in [-0.25, -0.2) is 0 Å². The van der Waals surface area contributed by atoms with E-state index in [1.807, 2.05) is 13.1 Å². The normalized spacial score (nSPS) is 9.91. The van der Waals surface area contributed by atoms with Crippen LogP contribution in [0.2, 0.25) is 0 Å². The fraction of sp³-hybridized carbons (Fsp3) is 0.571. The maximum absolute atomic E-state index is 5.36. The predicted molar refractivity (Wildman–Crippen MR) is 46.2 cm³/mol. The van der Waals surface area contributed by atoms with Gasteiger partial charge < -0.3 is 10.1 Å². The van der Waals surface area contributed by atoms with Crippen molar-refractivity contribution in [2.45, 2.75) is 6.42 Å². The maximum atomic E-state index is 5.36. The smallest absolute Gasteiger partial charge is 0.193 e. The first-order valence-electron chi connectivity index (χ1n) is 3.61. The third kappa shape index (κ3) is 3.34. The Morgan fingerprint density at radius 1 is 1.73 bits per heavy atom. The summed E-state index contributed by atoms with van der Waals surface area (Å²) in [7, 11) is 1.94. The van der Waals surface area contributed by atoms with E-state index in [9.17, 15) is 0 Å². The molecule has 0 saturated heterocycles. The minimum Gasteiger partial charge on any atom is -0.483 e. The first-order valence-corrected chi connectivity index (χ1v) is 4.39. The zero-order valence-electron chi connectivity index (χ0n) is 6.54. The van der Waals surface area contributed by atoms with E-state index in [1.54, 1.807) is 6.20 Å². The molecule has 1 N–H and O–H groups in total. The average molecular weight is 172 g/mol. The molecular formula is C7H12N2OS. The van der Waals surface area contributed by atoms with E-state index in [2.05, 4.69) is 9.69 Å². The molecule has 0 radical (unpaired) electrons. The lowest BCUT2D eigenvalue weighted by atomic mass is 10.4. The zero-order valence-corrected chi connectivity index (χ0v) is 7.36. The molecule has 0 aliphatic heterocycles. The van der Waals surface area contributed by atoms with E-state index < -0.39 is 0 Å². The lowest BCUT2D eigenvalue weighted by Crippen LogP contribution is -2.11. The van der Waals surface area contributed by atoms with Crippen LogP contribution < -0.4 is 10.1 Å². The number of hydrogen-bond acceptors (Lipinski definition) is 4. The highest BCUT2D eigenvalue weighted by molar-refractivity contribution is 7.07. The molecule has 1 rings (SSSR count). The predicted octanol–water partition coefficient (Wildman–Crippen LogP) is 1.13. The van der Waals surface area contributed by atoms with E-state index in [0.29, 0.717) is 0 Å². The van der Waals surface area contributed by atoms with Crippen molar-refractivity contribution in [1.29, 1.82) is 0 Å². The van der Waals surface area contributed by atoms with Crippen molar-refractivity contribution in [1.82, 2.24) is 9.69 Å². The molecule has 0 aliphatic carbocycles. The van der Waals surface area contributed by atoms with Gasteiger partial charge in [0.2, 0.25) is 0 Å². The van der Waals surface area contributed by atoms with Crippen molar-refractivity contribution >= 4 is 11.5 Å². The minimum absolute atomic E-state index is 0.767. The number of hydrogen-bond donors (Lipinski definition) is 1. The Morgan fingerprint density at radius 2 is 2.64 bits per heavy atom. The van der Waals surface area contributed by atoms with Crippen molar-refractivity contribution in [2.24, 2.45) is 0 Å². The van der Waals surface area contributed by atoms with E-state index in [-0.39, 0.29) is 0 Å². The standard InChI is InChI=1S/C7H12N2OS/c1-8-4-2-6-10-7-3-5-9-11-7/h3,5,8H,2,4,6H2,1H3. The molecule has 0 bridgehead atoms. The Kier molecular flexibility index (Phi) is 3.93. The van der Waals surface area contributed by atoms with Crippen molar-refractivity contribution in [3.63, 3.8) is 0 Å². The van der Waals surface area contributed by atoms with Crippen LogP contribution in [0.5, 0.6) is 5.06 Å². The van der Waals surface area contributed by atoms with Crippen molar-refractivity contribution in [3.05, 3.63) is 12.3 Å². The Hall–Kier alpha value is -0.610. The summed E-state index contributed by atoms with van der Waals surface area (Å²) in [6.45, 7) is 1.77. The van der Waals surface area contributed by atoms with E-state index in [1.165, 1.54) is 11.5 Å². The summed E-state index contributed by atoms with van der Waals surface area (Å²) in [6.07, 6.45) is 2.78. The van der Waals surface area contributed by atoms with E-state index >= 15 is 0 Å². The molecule has 1 aromatic rings. The van der Waals surface area contributed by atoms with Gasteiger partial charge in [0.25, 0.3) is 0 Å². The van der Waals surface area contributed by atoms with Crippen LogP contribution in [-0.2, 0) is 0 Å². The fourth-order valence-corrected chi connectivity index (χ4v) is 1.18. The summed E-state index contributed by atoms with van der Waals surface area (Å²) in [4.78, 5) is 0. The van der Waals surface area contributed by atoms with Gasteiger partial charge in [-0.3, -0.25) is 0 Å². The van der Waals surface area contributed by atoms with Gasteiger partial charge in [0.15, 0.2) is 5.06 Å². The summed E-state index contributed by atoms with van der Waals surface area (Å²) < 4.78 is 9.29. The second-order valence-corrected chi connectivity index (χ2v) is 2.93. The fourth-order valence-electron chi connectivity index (χ4n) is 0.700. The van der Waals surface area contributed by atoms with Gasteiger partial charge in [0, 0.05) is 23.8 Å². The lowest BCUT2D eigenvalue weighted by molar-refractivity contribution is 0.318. The monoisotopic (exact) mass is 172 g/mol. The molecule has 62 valence electrons. The Bertz CT molecular complexity index is 177. The number of aromatic nitrogens is 1. The van der Waals surface area contributed by atoms with Crippen molar-refractivity contribution in [2.75, 3.05) is 20.2 Å². The van der Waals surface area contributed by atoms with Gasteiger partial charge in [0.1, 0.15) is 0 Å². The van der Waals surface area contributed by atoms with E-state index in [4.69, 9.17) is 4.74 Å². The van der Waals surface area contributed by atoms with Crippen molar-refractivity contribution < 1.29 is 4.74 Å². The van der Waals surface area contributed by atoms with Crippen LogP contribution in [0.1, 0.15) is 6.42 Å². The number of nitrogens with zero attached hydrogens (tertiary/aromatic N) is 1. The van der Waals surface area contributed by atoms with Crippen LogP contribution in [0.25, 0.3) is 0 Å². The summed E-state index contributed by atoms with van der Waals surface area (Å²) in [5.41, 5.74) is 0. The molecule has 0 saturated carbocycles. The average Bonchev–Trinajstić information content (AvgIpc) is 2.50. The molecule has 0 atom stereocenters. The lowest BCUT2D eigenvalue weighted by Gasteiger charge is -2.00. The number of nitrogens with one attached hydrogen (secondary N) is 1. The van der Waals surface area contributed by atoms with Crippen LogP contribution >= 0.6 is 11.5 Å². The van der Waals surface area contributed by atoms with Gasteiger partial charge in [-0.1, -0.05) is 0 Å². The summed E-state index contributed by atoms with van der Waals surface area (Å²) >= 11 is 1.39. The van der Waals surface area contributed by atoms with Gasteiger partial charge >= 0.3 is 0 Å². The topological polar surface area (TPSA) is 34.1 Å². The highest BCUT2D eigenvalue weighted by atomic mass is 32.1. The molecule has 0 amide bonds. The summed E-state index contributed by atoms with van der Waals surface area (Å²) in [5, 5.41) is 3.96. The first-order chi connectivity index (χ1) is 5.43. The third-order valence-corrected chi connectivity index (χ3v) is 1.89. The highest BCUT2D eigenvalue weighted by Crippen LogP contribution is 2.14. The van der Waals surface area contributed by atoms with Gasteiger partial charge in [-0.2, -0.15) is 4.37 Å². The maximum Gasteiger partial charge on any atom is 0.193 e. The number of rotatable bonds is 5. The molecule has 11 heavy (non-hydrogen) atoms. The molecule has 1 heterocycles. The third-order valence-electron chi connectivity index (χ3n) is 1.23.